The van der Waals surface area contributed by atoms with Gasteiger partial charge < -0.3 is 5.73 Å². The van der Waals surface area contributed by atoms with Crippen molar-refractivity contribution < 1.29 is 0 Å². The first-order chi connectivity index (χ1) is 6.47. The predicted molar refractivity (Wildman–Crippen MR) is 58.9 cm³/mol. The lowest BCUT2D eigenvalue weighted by molar-refractivity contribution is -0.115. The van der Waals surface area contributed by atoms with Gasteiger partial charge in [-0.05, 0) is 55.3 Å². The van der Waals surface area contributed by atoms with Crippen molar-refractivity contribution >= 4 is 0 Å². The summed E-state index contributed by atoms with van der Waals surface area (Å²) in [4.78, 5) is 0. The fourth-order valence-corrected chi connectivity index (χ4v) is 5.62. The third-order valence-electron chi connectivity index (χ3n) is 5.26. The normalized spacial score (nSPS) is 60.6. The summed E-state index contributed by atoms with van der Waals surface area (Å²) >= 11 is 0. The van der Waals surface area contributed by atoms with Crippen LogP contribution >= 0.6 is 0 Å². The van der Waals surface area contributed by atoms with Gasteiger partial charge in [0, 0.05) is 5.54 Å². The van der Waals surface area contributed by atoms with Gasteiger partial charge in [-0.25, -0.2) is 0 Å². The maximum Gasteiger partial charge on any atom is 0.0167 e. The molecule has 0 aromatic carbocycles. The Kier molecular flexibility index (Phi) is 1.56. The van der Waals surface area contributed by atoms with E-state index >= 15 is 0 Å². The fourth-order valence-electron chi connectivity index (χ4n) is 5.62. The molecular weight excluding hydrogens is 170 g/mol. The van der Waals surface area contributed by atoms with E-state index in [1.54, 1.807) is 0 Å². The predicted octanol–water partition coefficient (Wildman–Crippen LogP) is 3.08. The lowest BCUT2D eigenvalue weighted by Gasteiger charge is -2.65. The Morgan fingerprint density at radius 3 is 2.50 bits per heavy atom. The molecule has 0 spiro atoms. The van der Waals surface area contributed by atoms with Crippen LogP contribution in [0.1, 0.15) is 58.8 Å². The van der Waals surface area contributed by atoms with Crippen LogP contribution in [0.2, 0.25) is 0 Å². The standard InChI is InChI=1S/C13H23N/c1-3-12-5-10-4-11(2,7-12)8-13(14,6-10)9-12/h10H,3-9,14H2,1-2H3. The van der Waals surface area contributed by atoms with E-state index < -0.39 is 0 Å². The van der Waals surface area contributed by atoms with Crippen LogP contribution in [0.3, 0.4) is 0 Å². The zero-order chi connectivity index (χ0) is 10.0. The highest BCUT2D eigenvalue weighted by atomic mass is 14.8. The van der Waals surface area contributed by atoms with Gasteiger partial charge in [-0.3, -0.25) is 0 Å². The third kappa shape index (κ3) is 1.11. The van der Waals surface area contributed by atoms with Gasteiger partial charge >= 0.3 is 0 Å². The number of nitrogens with two attached hydrogens (primary N) is 1. The van der Waals surface area contributed by atoms with Gasteiger partial charge in [-0.2, -0.15) is 0 Å². The van der Waals surface area contributed by atoms with Gasteiger partial charge in [0.2, 0.25) is 0 Å². The number of rotatable bonds is 1. The molecule has 0 aliphatic heterocycles. The Morgan fingerprint density at radius 2 is 1.93 bits per heavy atom. The Bertz CT molecular complexity index is 252. The minimum Gasteiger partial charge on any atom is -0.325 e. The van der Waals surface area contributed by atoms with Gasteiger partial charge in [-0.1, -0.05) is 20.3 Å². The minimum absolute atomic E-state index is 0.226. The second-order valence-corrected chi connectivity index (χ2v) is 7.04. The van der Waals surface area contributed by atoms with Crippen LogP contribution in [0.25, 0.3) is 0 Å². The summed E-state index contributed by atoms with van der Waals surface area (Å²) in [5.41, 5.74) is 8.04. The Labute approximate surface area is 87.4 Å². The van der Waals surface area contributed by atoms with Crippen LogP contribution in [0, 0.1) is 16.7 Å². The van der Waals surface area contributed by atoms with Crippen LogP contribution in [-0.4, -0.2) is 5.54 Å². The van der Waals surface area contributed by atoms with E-state index in [4.69, 9.17) is 5.73 Å². The first-order valence-electron chi connectivity index (χ1n) is 6.26. The van der Waals surface area contributed by atoms with Crippen molar-refractivity contribution in [1.29, 1.82) is 0 Å². The maximum atomic E-state index is 6.57. The molecule has 0 radical (unpaired) electrons. The third-order valence-corrected chi connectivity index (χ3v) is 5.26. The highest BCUT2D eigenvalue weighted by Crippen LogP contribution is 2.66. The quantitative estimate of drug-likeness (QED) is 0.680. The summed E-state index contributed by atoms with van der Waals surface area (Å²) in [5, 5.41) is 0. The van der Waals surface area contributed by atoms with Crippen molar-refractivity contribution in [3.05, 3.63) is 0 Å². The monoisotopic (exact) mass is 193 g/mol. The second kappa shape index (κ2) is 2.37. The SMILES string of the molecule is CCC12CC3CC(C)(CC(N)(C3)C1)C2. The molecule has 0 saturated heterocycles. The molecule has 80 valence electrons. The second-order valence-electron chi connectivity index (χ2n) is 7.04. The molecule has 4 saturated carbocycles. The van der Waals surface area contributed by atoms with E-state index in [1.807, 2.05) is 0 Å². The van der Waals surface area contributed by atoms with Crippen molar-refractivity contribution in [1.82, 2.24) is 0 Å². The molecule has 1 nitrogen and oxygen atoms in total. The van der Waals surface area contributed by atoms with E-state index in [1.165, 1.54) is 44.9 Å². The van der Waals surface area contributed by atoms with Crippen molar-refractivity contribution in [2.24, 2.45) is 22.5 Å². The largest absolute Gasteiger partial charge is 0.325 e. The summed E-state index contributed by atoms with van der Waals surface area (Å²) in [6, 6.07) is 0. The molecule has 0 amide bonds. The van der Waals surface area contributed by atoms with Crippen molar-refractivity contribution in [3.8, 4) is 0 Å². The Balaban J connectivity index is 2.01. The van der Waals surface area contributed by atoms with Gasteiger partial charge in [0.25, 0.3) is 0 Å². The molecule has 2 N–H and O–H groups in total. The lowest BCUT2D eigenvalue weighted by Crippen LogP contribution is -2.62. The molecule has 4 rings (SSSR count). The first kappa shape index (κ1) is 9.21. The summed E-state index contributed by atoms with van der Waals surface area (Å²) in [5.74, 6) is 0.959. The molecule has 4 aliphatic rings. The van der Waals surface area contributed by atoms with Crippen LogP contribution < -0.4 is 5.73 Å². The molecule has 4 aliphatic carbocycles. The molecule has 0 heterocycles. The summed E-state index contributed by atoms with van der Waals surface area (Å²) in [7, 11) is 0. The van der Waals surface area contributed by atoms with Crippen LogP contribution in [0.5, 0.6) is 0 Å². The lowest BCUT2D eigenvalue weighted by atomic mass is 9.42. The van der Waals surface area contributed by atoms with Crippen LogP contribution in [0.15, 0.2) is 0 Å². The van der Waals surface area contributed by atoms with Crippen molar-refractivity contribution in [2.75, 3.05) is 0 Å². The van der Waals surface area contributed by atoms with Gasteiger partial charge in [0.05, 0.1) is 0 Å². The zero-order valence-corrected chi connectivity index (χ0v) is 9.60. The number of hydrogen-bond acceptors (Lipinski definition) is 1. The molecule has 4 unspecified atom stereocenters. The molecule has 0 aromatic rings. The molecule has 0 aromatic heterocycles. The molecule has 4 fully saturated rings. The van der Waals surface area contributed by atoms with Gasteiger partial charge in [0.15, 0.2) is 0 Å². The van der Waals surface area contributed by atoms with Crippen LogP contribution in [-0.2, 0) is 0 Å². The fraction of sp³-hybridized carbons (Fsp3) is 1.00. The van der Waals surface area contributed by atoms with E-state index in [9.17, 15) is 0 Å². The summed E-state index contributed by atoms with van der Waals surface area (Å²) < 4.78 is 0. The summed E-state index contributed by atoms with van der Waals surface area (Å²) in [6.45, 7) is 4.86. The van der Waals surface area contributed by atoms with E-state index in [0.29, 0.717) is 10.8 Å². The topological polar surface area (TPSA) is 26.0 Å². The van der Waals surface area contributed by atoms with E-state index in [0.717, 1.165) is 5.92 Å². The molecular formula is C13H23N. The van der Waals surface area contributed by atoms with Gasteiger partial charge in [-0.15, -0.1) is 0 Å². The Hall–Kier alpha value is -0.0400. The molecule has 4 atom stereocenters. The van der Waals surface area contributed by atoms with Crippen LogP contribution in [0.4, 0.5) is 0 Å². The molecule has 14 heavy (non-hydrogen) atoms. The average molecular weight is 193 g/mol. The van der Waals surface area contributed by atoms with Gasteiger partial charge in [0.1, 0.15) is 0 Å². The number of hydrogen-bond donors (Lipinski definition) is 1. The smallest absolute Gasteiger partial charge is 0.0167 e. The highest BCUT2D eigenvalue weighted by molar-refractivity contribution is 5.13. The van der Waals surface area contributed by atoms with E-state index in [-0.39, 0.29) is 5.54 Å². The Morgan fingerprint density at radius 1 is 1.14 bits per heavy atom. The average Bonchev–Trinajstić information content (AvgIpc) is 1.97. The summed E-state index contributed by atoms with van der Waals surface area (Å²) in [6.07, 6.45) is 9.72. The first-order valence-corrected chi connectivity index (χ1v) is 6.26. The molecule has 1 heteroatoms. The van der Waals surface area contributed by atoms with E-state index in [2.05, 4.69) is 13.8 Å². The zero-order valence-electron chi connectivity index (χ0n) is 9.60. The minimum atomic E-state index is 0.226. The van der Waals surface area contributed by atoms with Crippen molar-refractivity contribution in [2.45, 2.75) is 64.3 Å². The highest BCUT2D eigenvalue weighted by Gasteiger charge is 2.59. The molecule has 4 bridgehead atoms. The van der Waals surface area contributed by atoms with Crippen molar-refractivity contribution in [3.63, 3.8) is 0 Å². The maximum absolute atomic E-state index is 6.57.